The van der Waals surface area contributed by atoms with Crippen LogP contribution >= 0.6 is 0 Å². The summed E-state index contributed by atoms with van der Waals surface area (Å²) in [5.74, 6) is -4.20. The zero-order valence-electron chi connectivity index (χ0n) is 22.5. The Morgan fingerprint density at radius 1 is 1.02 bits per heavy atom. The highest BCUT2D eigenvalue weighted by Gasteiger charge is 2.57. The van der Waals surface area contributed by atoms with Crippen molar-refractivity contribution in [1.29, 1.82) is 0 Å². The number of anilines is 1. The van der Waals surface area contributed by atoms with Gasteiger partial charge in [-0.15, -0.1) is 0 Å². The Hall–Kier alpha value is -4.28. The van der Waals surface area contributed by atoms with E-state index in [2.05, 4.69) is 0 Å². The minimum absolute atomic E-state index is 0.112. The average Bonchev–Trinajstić information content (AvgIpc) is 3.21. The summed E-state index contributed by atoms with van der Waals surface area (Å²) >= 11 is 0. The number of amides is 2. The van der Waals surface area contributed by atoms with E-state index < -0.39 is 42.6 Å². The summed E-state index contributed by atoms with van der Waals surface area (Å²) in [5.41, 5.74) is 2.37. The highest BCUT2D eigenvalue weighted by Crippen LogP contribution is 2.57. The number of ketones is 2. The molecule has 3 aliphatic carbocycles. The number of rotatable bonds is 5. The van der Waals surface area contributed by atoms with E-state index in [1.54, 1.807) is 44.2 Å². The Balaban J connectivity index is 1.48. The van der Waals surface area contributed by atoms with Gasteiger partial charge in [0.05, 0.1) is 24.1 Å². The predicted molar refractivity (Wildman–Crippen MR) is 149 cm³/mol. The van der Waals surface area contributed by atoms with E-state index in [1.165, 1.54) is 18.2 Å². The fraction of sp³-hybridized carbons (Fsp3) is 0.290. The third-order valence-electron chi connectivity index (χ3n) is 8.63. The lowest BCUT2D eigenvalue weighted by Gasteiger charge is -2.42. The molecule has 1 aliphatic heterocycles. The molecule has 2 aromatic rings. The third kappa shape index (κ3) is 4.09. The fourth-order valence-corrected chi connectivity index (χ4v) is 6.84. The Morgan fingerprint density at radius 3 is 2.51 bits per heavy atom. The number of ether oxygens (including phenoxy) is 1. The van der Waals surface area contributed by atoms with E-state index in [1.807, 2.05) is 6.08 Å². The van der Waals surface area contributed by atoms with Crippen LogP contribution in [0, 0.1) is 17.8 Å². The summed E-state index contributed by atoms with van der Waals surface area (Å²) in [6.45, 7) is 3.68. The van der Waals surface area contributed by atoms with Gasteiger partial charge in [0, 0.05) is 28.2 Å². The van der Waals surface area contributed by atoms with E-state index in [4.69, 9.17) is 4.74 Å². The zero-order chi connectivity index (χ0) is 29.2. The van der Waals surface area contributed by atoms with Crippen molar-refractivity contribution in [2.45, 2.75) is 32.6 Å². The van der Waals surface area contributed by atoms with Gasteiger partial charge in [-0.3, -0.25) is 24.1 Å². The number of para-hydroxylation sites is 1. The van der Waals surface area contributed by atoms with Crippen LogP contribution < -0.4 is 15.1 Å². The van der Waals surface area contributed by atoms with Crippen molar-refractivity contribution < 1.29 is 39.1 Å². The molecule has 4 atom stereocenters. The summed E-state index contributed by atoms with van der Waals surface area (Å²) in [4.78, 5) is 55.6. The van der Waals surface area contributed by atoms with Crippen LogP contribution in [0.25, 0.3) is 0 Å². The molecule has 0 radical (unpaired) electrons. The number of phenols is 1. The second kappa shape index (κ2) is 9.97. The van der Waals surface area contributed by atoms with Crippen LogP contribution in [0.2, 0.25) is 0 Å². The molecule has 0 saturated carbocycles. The van der Waals surface area contributed by atoms with Crippen molar-refractivity contribution in [1.82, 2.24) is 0 Å². The van der Waals surface area contributed by atoms with Crippen molar-refractivity contribution in [2.75, 3.05) is 11.5 Å². The molecule has 0 aromatic heterocycles. The number of phenolic OH excluding ortho intramolecular Hbond substituents is 1. The van der Waals surface area contributed by atoms with Gasteiger partial charge in [-0.2, -0.15) is 0 Å². The molecule has 2 amide bonds. The average molecular weight is 553 g/mol. The van der Waals surface area contributed by atoms with Gasteiger partial charge >= 0.3 is 7.12 Å². The van der Waals surface area contributed by atoms with E-state index >= 15 is 0 Å². The van der Waals surface area contributed by atoms with Crippen LogP contribution in [0.1, 0.15) is 38.2 Å². The highest BCUT2D eigenvalue weighted by molar-refractivity contribution is 6.58. The monoisotopic (exact) mass is 553 g/mol. The number of Topliss-reactive ketones (excluding diaryl/α,β-unsaturated/α-hetero) is 1. The molecule has 41 heavy (non-hydrogen) atoms. The molecule has 4 aliphatic rings. The van der Waals surface area contributed by atoms with Gasteiger partial charge in [0.2, 0.25) is 11.8 Å². The largest absolute Gasteiger partial charge is 0.504 e. The maximum atomic E-state index is 14.0. The van der Waals surface area contributed by atoms with Crippen molar-refractivity contribution in [3.05, 3.63) is 82.5 Å². The lowest BCUT2D eigenvalue weighted by atomic mass is 9.59. The van der Waals surface area contributed by atoms with Crippen molar-refractivity contribution in [2.24, 2.45) is 17.8 Å². The quantitative estimate of drug-likeness (QED) is 0.221. The molecule has 2 aromatic carbocycles. The Kier molecular flexibility index (Phi) is 6.55. The lowest BCUT2D eigenvalue weighted by molar-refractivity contribution is -0.123. The topological polar surface area (TPSA) is 141 Å². The zero-order valence-corrected chi connectivity index (χ0v) is 22.5. The first kappa shape index (κ1) is 26.9. The molecule has 0 spiro atoms. The number of carbonyl (C=O) groups is 4. The molecule has 1 heterocycles. The molecule has 1 fully saturated rings. The molecular weight excluding hydrogens is 525 g/mol. The second-order valence-corrected chi connectivity index (χ2v) is 10.8. The normalized spacial score (nSPS) is 25.4. The van der Waals surface area contributed by atoms with Crippen LogP contribution in [0.15, 0.2) is 76.9 Å². The van der Waals surface area contributed by atoms with E-state index in [9.17, 15) is 34.3 Å². The van der Waals surface area contributed by atoms with Crippen LogP contribution in [0.4, 0.5) is 5.69 Å². The molecule has 6 rings (SSSR count). The van der Waals surface area contributed by atoms with Gasteiger partial charge < -0.3 is 19.9 Å². The SMILES string of the molecule is CCOc1cccc(C2C3=CCC4C(=O)N(c5cccc(B(O)O)c5)C(=O)C4C3CC3=C2C(=O)C(C)=CC3=O)c1O. The molecule has 4 unspecified atom stereocenters. The lowest BCUT2D eigenvalue weighted by Crippen LogP contribution is -2.40. The summed E-state index contributed by atoms with van der Waals surface area (Å²) < 4.78 is 5.61. The standard InChI is InChI=1S/C31H28BNO8/c1-3-41-24-9-5-8-19(29(24)36)25-18-10-11-20-26(21(18)14-22-23(34)12-15(2)28(35)27(22)25)31(38)33(30(20)37)17-7-4-6-16(13-17)32(39)40/h4-10,12-13,20-21,25-26,36,39-40H,3,11,14H2,1-2H3. The summed E-state index contributed by atoms with van der Waals surface area (Å²) in [7, 11) is -1.77. The van der Waals surface area contributed by atoms with E-state index in [-0.39, 0.29) is 52.6 Å². The van der Waals surface area contributed by atoms with Gasteiger partial charge in [0.25, 0.3) is 0 Å². The maximum Gasteiger partial charge on any atom is 0.488 e. The van der Waals surface area contributed by atoms with Crippen LogP contribution in [0.5, 0.6) is 11.5 Å². The minimum atomic E-state index is -1.77. The first-order chi connectivity index (χ1) is 19.6. The number of fused-ring (bicyclic) bond motifs is 3. The van der Waals surface area contributed by atoms with Crippen molar-refractivity contribution in [3.63, 3.8) is 0 Å². The summed E-state index contributed by atoms with van der Waals surface area (Å²) in [6, 6.07) is 11.0. The number of imide groups is 1. The number of hydrogen-bond donors (Lipinski definition) is 3. The number of hydrogen-bond acceptors (Lipinski definition) is 8. The van der Waals surface area contributed by atoms with Crippen LogP contribution in [0.3, 0.4) is 0 Å². The first-order valence-corrected chi connectivity index (χ1v) is 13.6. The Labute approximate surface area is 236 Å². The summed E-state index contributed by atoms with van der Waals surface area (Å²) in [6.07, 6.45) is 3.54. The van der Waals surface area contributed by atoms with Gasteiger partial charge in [-0.05, 0) is 62.3 Å². The minimum Gasteiger partial charge on any atom is -0.504 e. The van der Waals surface area contributed by atoms with Gasteiger partial charge in [0.15, 0.2) is 23.1 Å². The molecular formula is C31H28BNO8. The van der Waals surface area contributed by atoms with Gasteiger partial charge in [-0.25, -0.2) is 0 Å². The number of aromatic hydroxyl groups is 1. The van der Waals surface area contributed by atoms with Gasteiger partial charge in [0.1, 0.15) is 0 Å². The molecule has 1 saturated heterocycles. The Bertz CT molecular complexity index is 1620. The van der Waals surface area contributed by atoms with Gasteiger partial charge in [-0.1, -0.05) is 35.9 Å². The highest BCUT2D eigenvalue weighted by atomic mass is 16.5. The summed E-state index contributed by atoms with van der Waals surface area (Å²) in [5, 5.41) is 30.5. The third-order valence-corrected chi connectivity index (χ3v) is 8.63. The van der Waals surface area contributed by atoms with Crippen LogP contribution in [-0.4, -0.2) is 52.3 Å². The second-order valence-electron chi connectivity index (χ2n) is 10.8. The molecule has 10 heteroatoms. The fourth-order valence-electron chi connectivity index (χ4n) is 6.84. The van der Waals surface area contributed by atoms with Crippen molar-refractivity contribution >= 4 is 41.6 Å². The molecule has 208 valence electrons. The molecule has 0 bridgehead atoms. The maximum absolute atomic E-state index is 14.0. The number of nitrogens with zero attached hydrogens (tertiary/aromatic N) is 1. The molecule has 3 N–H and O–H groups in total. The number of benzene rings is 2. The van der Waals surface area contributed by atoms with Crippen molar-refractivity contribution in [3.8, 4) is 11.5 Å². The Morgan fingerprint density at radius 2 is 1.78 bits per heavy atom. The molecule has 9 nitrogen and oxygen atoms in total. The van der Waals surface area contributed by atoms with E-state index in [0.717, 1.165) is 4.90 Å². The number of allylic oxidation sites excluding steroid dienone is 6. The van der Waals surface area contributed by atoms with Crippen LogP contribution in [-0.2, 0) is 19.2 Å². The predicted octanol–water partition coefficient (Wildman–Crippen LogP) is 2.10. The van der Waals surface area contributed by atoms with E-state index in [0.29, 0.717) is 28.9 Å². The smallest absolute Gasteiger partial charge is 0.488 e. The first-order valence-electron chi connectivity index (χ1n) is 13.6. The number of carbonyl (C=O) groups excluding carboxylic acids is 4.